The van der Waals surface area contributed by atoms with Crippen molar-refractivity contribution in [1.82, 2.24) is 5.32 Å². The number of unbranched alkanes of at least 4 members (excludes halogenated alkanes) is 1. The molecule has 2 rings (SSSR count). The lowest BCUT2D eigenvalue weighted by Gasteiger charge is -2.12. The van der Waals surface area contributed by atoms with Crippen LogP contribution < -0.4 is 10.6 Å². The first-order valence-electron chi connectivity index (χ1n) is 8.47. The molecule has 1 aromatic rings. The molecule has 1 aromatic carbocycles. The van der Waals surface area contributed by atoms with Gasteiger partial charge in [-0.15, -0.1) is 0 Å². The Morgan fingerprint density at radius 1 is 1.17 bits per heavy atom. The van der Waals surface area contributed by atoms with Crippen LogP contribution in [0.15, 0.2) is 18.2 Å². The summed E-state index contributed by atoms with van der Waals surface area (Å²) in [6.45, 7) is 3.95. The molecule has 24 heavy (non-hydrogen) atoms. The predicted octanol–water partition coefficient (Wildman–Crippen LogP) is 4.07. The molecule has 0 bridgehead atoms. The van der Waals surface area contributed by atoms with Gasteiger partial charge < -0.3 is 10.6 Å². The van der Waals surface area contributed by atoms with Gasteiger partial charge >= 0.3 is 0 Å². The average Bonchev–Trinajstić information content (AvgIpc) is 3.06. The van der Waals surface area contributed by atoms with Crippen LogP contribution in [0.1, 0.15) is 43.2 Å². The van der Waals surface area contributed by atoms with E-state index < -0.39 is 0 Å². The number of benzene rings is 1. The van der Waals surface area contributed by atoms with Crippen molar-refractivity contribution in [2.75, 3.05) is 17.6 Å². The highest BCUT2D eigenvalue weighted by Crippen LogP contribution is 2.39. The quantitative estimate of drug-likeness (QED) is 0.538. The predicted molar refractivity (Wildman–Crippen MR) is 104 cm³/mol. The van der Waals surface area contributed by atoms with Crippen LogP contribution in [0.2, 0.25) is 0 Å². The highest BCUT2D eigenvalue weighted by molar-refractivity contribution is 8.77. The first-order valence-corrected chi connectivity index (χ1v) is 10.9. The van der Waals surface area contributed by atoms with Crippen LogP contribution in [0, 0.1) is 13.8 Å². The molecular formula is C18H26N2O2S2. The Kier molecular flexibility index (Phi) is 7.99. The van der Waals surface area contributed by atoms with Gasteiger partial charge in [0.25, 0.3) is 0 Å². The summed E-state index contributed by atoms with van der Waals surface area (Å²) < 4.78 is 0. The Morgan fingerprint density at radius 3 is 2.58 bits per heavy atom. The second-order valence-electron chi connectivity index (χ2n) is 6.17. The van der Waals surface area contributed by atoms with Crippen LogP contribution in [0.3, 0.4) is 0 Å². The zero-order valence-corrected chi connectivity index (χ0v) is 16.0. The van der Waals surface area contributed by atoms with E-state index in [0.717, 1.165) is 34.9 Å². The number of hydrogen-bond acceptors (Lipinski definition) is 4. The molecule has 0 spiro atoms. The Hall–Kier alpha value is -1.14. The van der Waals surface area contributed by atoms with Gasteiger partial charge in [0.1, 0.15) is 0 Å². The van der Waals surface area contributed by atoms with E-state index in [9.17, 15) is 9.59 Å². The van der Waals surface area contributed by atoms with E-state index in [4.69, 9.17) is 0 Å². The van der Waals surface area contributed by atoms with Crippen molar-refractivity contribution < 1.29 is 9.59 Å². The zero-order valence-electron chi connectivity index (χ0n) is 14.4. The summed E-state index contributed by atoms with van der Waals surface area (Å²) in [5.74, 6) is 1.03. The Morgan fingerprint density at radius 2 is 1.92 bits per heavy atom. The van der Waals surface area contributed by atoms with E-state index in [1.165, 1.54) is 18.6 Å². The first-order chi connectivity index (χ1) is 11.6. The van der Waals surface area contributed by atoms with Crippen LogP contribution in [0.4, 0.5) is 5.69 Å². The van der Waals surface area contributed by atoms with Gasteiger partial charge in [0.05, 0.1) is 6.54 Å². The molecule has 0 aliphatic carbocycles. The molecule has 1 saturated heterocycles. The van der Waals surface area contributed by atoms with Crippen LogP contribution in [0.5, 0.6) is 0 Å². The van der Waals surface area contributed by atoms with Gasteiger partial charge in [0.15, 0.2) is 0 Å². The fraction of sp³-hybridized carbons (Fsp3) is 0.556. The molecule has 1 unspecified atom stereocenters. The van der Waals surface area contributed by atoms with Crippen LogP contribution in [-0.4, -0.2) is 29.4 Å². The Labute approximate surface area is 152 Å². The lowest BCUT2D eigenvalue weighted by atomic mass is 10.1. The van der Waals surface area contributed by atoms with Crippen LogP contribution >= 0.6 is 21.6 Å². The summed E-state index contributed by atoms with van der Waals surface area (Å²) in [4.78, 5) is 23.8. The molecule has 4 nitrogen and oxygen atoms in total. The number of carbonyl (C=O) groups excluding carboxylic acids is 2. The fourth-order valence-electron chi connectivity index (χ4n) is 2.68. The van der Waals surface area contributed by atoms with Crippen LogP contribution in [0.25, 0.3) is 0 Å². The maximum absolute atomic E-state index is 12.0. The summed E-state index contributed by atoms with van der Waals surface area (Å²) in [6.07, 6.45) is 4.96. The van der Waals surface area contributed by atoms with Crippen molar-refractivity contribution in [1.29, 1.82) is 0 Å². The van der Waals surface area contributed by atoms with Crippen molar-refractivity contribution in [3.8, 4) is 0 Å². The second-order valence-corrected chi connectivity index (χ2v) is 8.95. The van der Waals surface area contributed by atoms with E-state index in [2.05, 4.69) is 10.6 Å². The largest absolute Gasteiger partial charge is 0.347 e. The number of nitrogens with one attached hydrogen (secondary N) is 2. The first kappa shape index (κ1) is 19.2. The van der Waals surface area contributed by atoms with E-state index in [-0.39, 0.29) is 18.4 Å². The third-order valence-electron chi connectivity index (χ3n) is 4.10. The van der Waals surface area contributed by atoms with Crippen molar-refractivity contribution in [2.24, 2.45) is 0 Å². The van der Waals surface area contributed by atoms with E-state index in [0.29, 0.717) is 6.42 Å². The summed E-state index contributed by atoms with van der Waals surface area (Å²) in [5.41, 5.74) is 2.89. The molecule has 0 saturated carbocycles. The zero-order chi connectivity index (χ0) is 17.4. The molecule has 0 aromatic heterocycles. The van der Waals surface area contributed by atoms with Gasteiger partial charge in [-0.2, -0.15) is 0 Å². The van der Waals surface area contributed by atoms with Gasteiger partial charge in [-0.3, -0.25) is 9.59 Å². The van der Waals surface area contributed by atoms with E-state index >= 15 is 0 Å². The van der Waals surface area contributed by atoms with E-state index in [1.54, 1.807) is 0 Å². The molecule has 1 aliphatic rings. The second kappa shape index (κ2) is 9.99. The highest BCUT2D eigenvalue weighted by Gasteiger charge is 2.16. The minimum Gasteiger partial charge on any atom is -0.347 e. The number of carbonyl (C=O) groups is 2. The summed E-state index contributed by atoms with van der Waals surface area (Å²) in [6, 6.07) is 5.88. The SMILES string of the molecule is Cc1cccc(C)c1NC(=O)CNC(=O)CCCCC1CCSS1. The normalized spacial score (nSPS) is 16.8. The molecule has 132 valence electrons. The molecule has 1 fully saturated rings. The van der Waals surface area contributed by atoms with Crippen molar-refractivity contribution in [3.05, 3.63) is 29.3 Å². The third kappa shape index (κ3) is 6.40. The molecule has 6 heteroatoms. The number of hydrogen-bond donors (Lipinski definition) is 2. The molecule has 2 N–H and O–H groups in total. The minimum absolute atomic E-state index is 0.0295. The van der Waals surface area contributed by atoms with Crippen molar-refractivity contribution >= 4 is 39.1 Å². The molecule has 1 aliphatic heterocycles. The number of rotatable bonds is 8. The lowest BCUT2D eigenvalue weighted by molar-refractivity contribution is -0.124. The summed E-state index contributed by atoms with van der Waals surface area (Å²) >= 11 is 0. The van der Waals surface area contributed by atoms with Gasteiger partial charge in [-0.25, -0.2) is 0 Å². The molecule has 0 radical (unpaired) electrons. The Balaban J connectivity index is 1.61. The summed E-state index contributed by atoms with van der Waals surface area (Å²) in [7, 11) is 3.94. The Bertz CT molecular complexity index is 552. The standard InChI is InChI=1S/C18H26N2O2S2/c1-13-6-5-7-14(2)18(13)20-17(22)12-19-16(21)9-4-3-8-15-10-11-23-24-15/h5-7,15H,3-4,8-12H2,1-2H3,(H,19,21)(H,20,22). The number of aryl methyl sites for hydroxylation is 2. The van der Waals surface area contributed by atoms with Gasteiger partial charge in [-0.05, 0) is 44.2 Å². The maximum Gasteiger partial charge on any atom is 0.243 e. The molecule has 1 atom stereocenters. The fourth-order valence-corrected chi connectivity index (χ4v) is 5.71. The van der Waals surface area contributed by atoms with Crippen LogP contribution in [-0.2, 0) is 9.59 Å². The number of para-hydroxylation sites is 1. The molecular weight excluding hydrogens is 340 g/mol. The maximum atomic E-state index is 12.0. The minimum atomic E-state index is -0.180. The lowest BCUT2D eigenvalue weighted by Crippen LogP contribution is -2.33. The summed E-state index contributed by atoms with van der Waals surface area (Å²) in [5, 5.41) is 6.35. The highest BCUT2D eigenvalue weighted by atomic mass is 33.1. The monoisotopic (exact) mass is 366 g/mol. The van der Waals surface area contributed by atoms with Gasteiger partial charge in [0.2, 0.25) is 11.8 Å². The van der Waals surface area contributed by atoms with Crippen molar-refractivity contribution in [2.45, 2.75) is 51.2 Å². The average molecular weight is 367 g/mol. The molecule has 1 heterocycles. The topological polar surface area (TPSA) is 58.2 Å². The van der Waals surface area contributed by atoms with Crippen molar-refractivity contribution in [3.63, 3.8) is 0 Å². The number of amides is 2. The van der Waals surface area contributed by atoms with Gasteiger partial charge in [-0.1, -0.05) is 46.2 Å². The van der Waals surface area contributed by atoms with E-state index in [1.807, 2.05) is 53.6 Å². The van der Waals surface area contributed by atoms with Gasteiger partial charge in [0, 0.05) is 23.1 Å². The third-order valence-corrected chi connectivity index (χ3v) is 7.11. The number of anilines is 1. The smallest absolute Gasteiger partial charge is 0.243 e. The molecule has 2 amide bonds.